The molecule has 6 heteroatoms. The molecule has 0 aliphatic rings. The van der Waals surface area contributed by atoms with E-state index in [1.165, 1.54) is 0 Å². The van der Waals surface area contributed by atoms with E-state index in [4.69, 9.17) is 11.6 Å². The number of hydrogen-bond acceptors (Lipinski definition) is 3. The average Bonchev–Trinajstić information content (AvgIpc) is 3.05. The van der Waals surface area contributed by atoms with Crippen LogP contribution in [0.4, 0.5) is 0 Å². The minimum Gasteiger partial charge on any atom is -0.349 e. The van der Waals surface area contributed by atoms with E-state index < -0.39 is 0 Å². The van der Waals surface area contributed by atoms with Crippen LogP contribution in [0.15, 0.2) is 48.5 Å². The smallest absolute Gasteiger partial charge is 0.290 e. The second-order valence-corrected chi connectivity index (χ2v) is 6.16. The molecule has 0 saturated carbocycles. The maximum atomic E-state index is 12.3. The number of hydrogen-bond donors (Lipinski definition) is 1. The van der Waals surface area contributed by atoms with E-state index in [1.807, 2.05) is 56.3 Å². The van der Waals surface area contributed by atoms with Gasteiger partial charge in [0, 0.05) is 17.1 Å². The molecule has 5 nitrogen and oxygen atoms in total. The minimum atomic E-state index is -0.280. The van der Waals surface area contributed by atoms with E-state index in [1.54, 1.807) is 10.7 Å². The zero-order chi connectivity index (χ0) is 17.8. The zero-order valence-corrected chi connectivity index (χ0v) is 14.9. The largest absolute Gasteiger partial charge is 0.349 e. The highest BCUT2D eigenvalue weighted by atomic mass is 35.5. The number of benzene rings is 2. The Bertz CT molecular complexity index is 904. The van der Waals surface area contributed by atoms with Gasteiger partial charge in [0.05, 0.1) is 5.69 Å². The molecule has 1 amide bonds. The van der Waals surface area contributed by atoms with Gasteiger partial charge in [-0.25, -0.2) is 9.67 Å². The van der Waals surface area contributed by atoms with Crippen LogP contribution < -0.4 is 5.32 Å². The molecule has 1 heterocycles. The number of rotatable bonds is 5. The fourth-order valence-electron chi connectivity index (χ4n) is 2.51. The molecule has 0 fully saturated rings. The third kappa shape index (κ3) is 3.72. The van der Waals surface area contributed by atoms with E-state index in [9.17, 15) is 4.79 Å². The Morgan fingerprint density at radius 3 is 2.72 bits per heavy atom. The van der Waals surface area contributed by atoms with Gasteiger partial charge in [0.1, 0.15) is 0 Å². The van der Waals surface area contributed by atoms with Crippen LogP contribution in [0.2, 0.25) is 5.02 Å². The number of para-hydroxylation sites is 1. The number of nitrogens with one attached hydrogen (secondary N) is 1. The molecule has 0 spiro atoms. The molecule has 3 aromatic rings. The van der Waals surface area contributed by atoms with Gasteiger partial charge in [0.2, 0.25) is 5.82 Å². The summed E-state index contributed by atoms with van der Waals surface area (Å²) in [4.78, 5) is 16.8. The molecular formula is C19H19ClN4O. The number of nitrogens with zero attached hydrogens (tertiary/aromatic N) is 3. The lowest BCUT2D eigenvalue weighted by Gasteiger charge is -2.08. The number of halogens is 1. The first-order chi connectivity index (χ1) is 12.1. The molecule has 0 unspecified atom stereocenters. The summed E-state index contributed by atoms with van der Waals surface area (Å²) < 4.78 is 1.70. The number of aryl methyl sites for hydroxylation is 1. The van der Waals surface area contributed by atoms with Crippen LogP contribution in [0.1, 0.15) is 29.5 Å². The SMILES string of the molecule is CCCNC(=O)c1nc(-c2cccc(Cl)c2)n(-c2ccccc2C)n1. The normalized spacial score (nSPS) is 10.7. The van der Waals surface area contributed by atoms with Crippen LogP contribution in [-0.4, -0.2) is 27.2 Å². The monoisotopic (exact) mass is 354 g/mol. The first-order valence-corrected chi connectivity index (χ1v) is 8.55. The Labute approximate surface area is 151 Å². The Balaban J connectivity index is 2.13. The quantitative estimate of drug-likeness (QED) is 0.752. The molecule has 2 aromatic carbocycles. The maximum Gasteiger partial charge on any atom is 0.290 e. The van der Waals surface area contributed by atoms with E-state index in [-0.39, 0.29) is 11.7 Å². The first-order valence-electron chi connectivity index (χ1n) is 8.17. The van der Waals surface area contributed by atoms with Gasteiger partial charge in [-0.2, -0.15) is 0 Å². The topological polar surface area (TPSA) is 59.8 Å². The van der Waals surface area contributed by atoms with Crippen molar-refractivity contribution in [2.75, 3.05) is 6.54 Å². The highest BCUT2D eigenvalue weighted by molar-refractivity contribution is 6.30. The van der Waals surface area contributed by atoms with E-state index in [0.717, 1.165) is 23.2 Å². The first kappa shape index (κ1) is 17.2. The van der Waals surface area contributed by atoms with Gasteiger partial charge >= 0.3 is 0 Å². The Kier molecular flexibility index (Phi) is 5.14. The van der Waals surface area contributed by atoms with Crippen LogP contribution in [0, 0.1) is 6.92 Å². The van der Waals surface area contributed by atoms with E-state index in [0.29, 0.717) is 17.4 Å². The lowest BCUT2D eigenvalue weighted by Crippen LogP contribution is -2.25. The summed E-state index contributed by atoms with van der Waals surface area (Å²) >= 11 is 6.13. The maximum absolute atomic E-state index is 12.3. The molecule has 128 valence electrons. The molecule has 3 rings (SSSR count). The van der Waals surface area contributed by atoms with Crippen LogP contribution in [-0.2, 0) is 0 Å². The summed E-state index contributed by atoms with van der Waals surface area (Å²) in [6.45, 7) is 4.58. The molecule has 0 saturated heterocycles. The zero-order valence-electron chi connectivity index (χ0n) is 14.2. The average molecular weight is 355 g/mol. The van der Waals surface area contributed by atoms with Gasteiger partial charge in [-0.1, -0.05) is 48.9 Å². The van der Waals surface area contributed by atoms with Crippen molar-refractivity contribution in [2.45, 2.75) is 20.3 Å². The second kappa shape index (κ2) is 7.49. The molecule has 0 radical (unpaired) electrons. The van der Waals surface area contributed by atoms with Crippen LogP contribution >= 0.6 is 11.6 Å². The molecule has 25 heavy (non-hydrogen) atoms. The van der Waals surface area contributed by atoms with Crippen LogP contribution in [0.3, 0.4) is 0 Å². The van der Waals surface area contributed by atoms with E-state index in [2.05, 4.69) is 15.4 Å². The van der Waals surface area contributed by atoms with Crippen LogP contribution in [0.25, 0.3) is 17.1 Å². The molecule has 1 aromatic heterocycles. The van der Waals surface area contributed by atoms with Crippen molar-refractivity contribution in [3.05, 3.63) is 64.9 Å². The van der Waals surface area contributed by atoms with Crippen molar-refractivity contribution in [3.8, 4) is 17.1 Å². The van der Waals surface area contributed by atoms with Gasteiger partial charge in [-0.3, -0.25) is 4.79 Å². The molecule has 0 atom stereocenters. The fourth-order valence-corrected chi connectivity index (χ4v) is 2.70. The standard InChI is InChI=1S/C19H19ClN4O/c1-3-11-21-19(25)17-22-18(14-8-6-9-15(20)12-14)24(23-17)16-10-5-4-7-13(16)2/h4-10,12H,3,11H2,1-2H3,(H,21,25). The van der Waals surface area contributed by atoms with Crippen LogP contribution in [0.5, 0.6) is 0 Å². The Hall–Kier alpha value is -2.66. The third-order valence-electron chi connectivity index (χ3n) is 3.77. The van der Waals surface area contributed by atoms with E-state index >= 15 is 0 Å². The lowest BCUT2D eigenvalue weighted by atomic mass is 10.2. The summed E-state index contributed by atoms with van der Waals surface area (Å²) in [5.41, 5.74) is 2.72. The number of carbonyl (C=O) groups is 1. The Morgan fingerprint density at radius 2 is 2.00 bits per heavy atom. The van der Waals surface area contributed by atoms with Crippen molar-refractivity contribution >= 4 is 17.5 Å². The summed E-state index contributed by atoms with van der Waals surface area (Å²) in [5.74, 6) is 0.447. The van der Waals surface area contributed by atoms with Gasteiger partial charge in [0.25, 0.3) is 5.91 Å². The number of carbonyl (C=O) groups excluding carboxylic acids is 1. The van der Waals surface area contributed by atoms with Gasteiger partial charge in [-0.15, -0.1) is 5.10 Å². The van der Waals surface area contributed by atoms with Crippen molar-refractivity contribution in [1.29, 1.82) is 0 Å². The van der Waals surface area contributed by atoms with Gasteiger partial charge < -0.3 is 5.32 Å². The summed E-state index contributed by atoms with van der Waals surface area (Å²) in [7, 11) is 0. The molecular weight excluding hydrogens is 336 g/mol. The highest BCUT2D eigenvalue weighted by Gasteiger charge is 2.19. The second-order valence-electron chi connectivity index (χ2n) is 5.72. The number of aromatic nitrogens is 3. The fraction of sp³-hybridized carbons (Fsp3) is 0.211. The summed E-state index contributed by atoms with van der Waals surface area (Å²) in [6.07, 6.45) is 0.853. The van der Waals surface area contributed by atoms with Crippen molar-refractivity contribution in [3.63, 3.8) is 0 Å². The predicted molar refractivity (Wildman–Crippen MR) is 99.2 cm³/mol. The molecule has 0 aliphatic heterocycles. The predicted octanol–water partition coefficient (Wildman–Crippen LogP) is 4.04. The molecule has 1 N–H and O–H groups in total. The van der Waals surface area contributed by atoms with Gasteiger partial charge in [0.15, 0.2) is 5.82 Å². The van der Waals surface area contributed by atoms with Crippen molar-refractivity contribution < 1.29 is 4.79 Å². The highest BCUT2D eigenvalue weighted by Crippen LogP contribution is 2.25. The van der Waals surface area contributed by atoms with Gasteiger partial charge in [-0.05, 0) is 37.1 Å². The van der Waals surface area contributed by atoms with Crippen molar-refractivity contribution in [2.24, 2.45) is 0 Å². The molecule has 0 aliphatic carbocycles. The number of amides is 1. The third-order valence-corrected chi connectivity index (χ3v) is 4.01. The lowest BCUT2D eigenvalue weighted by molar-refractivity contribution is 0.0943. The summed E-state index contributed by atoms with van der Waals surface area (Å²) in [6, 6.07) is 15.2. The van der Waals surface area contributed by atoms with Crippen molar-refractivity contribution in [1.82, 2.24) is 20.1 Å². The Morgan fingerprint density at radius 1 is 1.20 bits per heavy atom. The molecule has 0 bridgehead atoms. The minimum absolute atomic E-state index is 0.145. The summed E-state index contributed by atoms with van der Waals surface area (Å²) in [5, 5.41) is 7.87.